The summed E-state index contributed by atoms with van der Waals surface area (Å²) >= 11 is 1.27. The minimum atomic E-state index is -0.866. The lowest BCUT2D eigenvalue weighted by molar-refractivity contribution is 0.394. The van der Waals surface area contributed by atoms with Gasteiger partial charge in [-0.15, -0.1) is 16.8 Å². The SMILES string of the molecule is C=CCn1c(SCc2cccc(F)c2F)nnc1-c1cc(OC)cc(OC)c1. The maximum Gasteiger partial charge on any atom is 0.192 e. The van der Waals surface area contributed by atoms with Crippen molar-refractivity contribution in [1.82, 2.24) is 14.8 Å². The van der Waals surface area contributed by atoms with Crippen LogP contribution in [-0.4, -0.2) is 29.0 Å². The number of allylic oxidation sites excluding steroid dienone is 1. The lowest BCUT2D eigenvalue weighted by Crippen LogP contribution is -2.01. The molecular weight excluding hydrogens is 384 g/mol. The normalized spacial score (nSPS) is 10.7. The number of thioether (sulfide) groups is 1. The van der Waals surface area contributed by atoms with Crippen molar-refractivity contribution in [3.63, 3.8) is 0 Å². The van der Waals surface area contributed by atoms with E-state index in [1.807, 2.05) is 16.7 Å². The van der Waals surface area contributed by atoms with Gasteiger partial charge in [-0.25, -0.2) is 8.78 Å². The Morgan fingerprint density at radius 3 is 2.46 bits per heavy atom. The summed E-state index contributed by atoms with van der Waals surface area (Å²) in [5.74, 6) is 0.356. The number of hydrogen-bond acceptors (Lipinski definition) is 5. The van der Waals surface area contributed by atoms with E-state index in [9.17, 15) is 8.78 Å². The first-order valence-corrected chi connectivity index (χ1v) is 9.39. The number of rotatable bonds is 8. The second-order valence-corrected chi connectivity index (χ2v) is 6.75. The Morgan fingerprint density at radius 1 is 1.11 bits per heavy atom. The van der Waals surface area contributed by atoms with Gasteiger partial charge in [0.15, 0.2) is 22.6 Å². The number of nitrogens with zero attached hydrogens (tertiary/aromatic N) is 3. The fraction of sp³-hybridized carbons (Fsp3) is 0.200. The molecule has 0 fully saturated rings. The first-order valence-electron chi connectivity index (χ1n) is 8.40. The highest BCUT2D eigenvalue weighted by Crippen LogP contribution is 2.32. The van der Waals surface area contributed by atoms with Crippen LogP contribution in [0.15, 0.2) is 54.2 Å². The summed E-state index contributed by atoms with van der Waals surface area (Å²) in [6.07, 6.45) is 1.72. The molecule has 28 heavy (non-hydrogen) atoms. The molecule has 3 rings (SSSR count). The molecular formula is C20H19F2N3O2S. The van der Waals surface area contributed by atoms with Crippen LogP contribution in [0.2, 0.25) is 0 Å². The molecule has 0 unspecified atom stereocenters. The molecule has 0 bridgehead atoms. The highest BCUT2D eigenvalue weighted by Gasteiger charge is 2.17. The van der Waals surface area contributed by atoms with E-state index in [0.717, 1.165) is 11.6 Å². The van der Waals surface area contributed by atoms with Crippen LogP contribution in [0.4, 0.5) is 8.78 Å². The minimum Gasteiger partial charge on any atom is -0.497 e. The number of methoxy groups -OCH3 is 2. The van der Waals surface area contributed by atoms with Crippen LogP contribution in [0, 0.1) is 11.6 Å². The molecule has 8 heteroatoms. The summed E-state index contributed by atoms with van der Waals surface area (Å²) in [4.78, 5) is 0. The Labute approximate surface area is 166 Å². The second kappa shape index (κ2) is 8.88. The average Bonchev–Trinajstić information content (AvgIpc) is 3.11. The third-order valence-electron chi connectivity index (χ3n) is 4.03. The molecule has 0 saturated heterocycles. The van der Waals surface area contributed by atoms with Crippen molar-refractivity contribution < 1.29 is 18.3 Å². The summed E-state index contributed by atoms with van der Waals surface area (Å²) in [5.41, 5.74) is 1.03. The van der Waals surface area contributed by atoms with Gasteiger partial charge in [0.2, 0.25) is 0 Å². The number of benzene rings is 2. The number of hydrogen-bond donors (Lipinski definition) is 0. The summed E-state index contributed by atoms with van der Waals surface area (Å²) < 4.78 is 39.8. The van der Waals surface area contributed by atoms with E-state index in [4.69, 9.17) is 9.47 Å². The van der Waals surface area contributed by atoms with Crippen LogP contribution in [0.5, 0.6) is 11.5 Å². The lowest BCUT2D eigenvalue weighted by Gasteiger charge is -2.11. The summed E-state index contributed by atoms with van der Waals surface area (Å²) in [6, 6.07) is 9.54. The highest BCUT2D eigenvalue weighted by atomic mass is 32.2. The summed E-state index contributed by atoms with van der Waals surface area (Å²) in [6.45, 7) is 4.23. The molecule has 0 amide bonds. The zero-order chi connectivity index (χ0) is 20.1. The predicted molar refractivity (Wildman–Crippen MR) is 105 cm³/mol. The average molecular weight is 403 g/mol. The van der Waals surface area contributed by atoms with Gasteiger partial charge >= 0.3 is 0 Å². The molecule has 0 atom stereocenters. The number of halogens is 2. The van der Waals surface area contributed by atoms with Crippen LogP contribution in [-0.2, 0) is 12.3 Å². The lowest BCUT2D eigenvalue weighted by atomic mass is 10.2. The minimum absolute atomic E-state index is 0.223. The maximum atomic E-state index is 13.9. The van der Waals surface area contributed by atoms with Gasteiger partial charge in [0, 0.05) is 29.5 Å². The van der Waals surface area contributed by atoms with Gasteiger partial charge in [-0.1, -0.05) is 30.0 Å². The fourth-order valence-electron chi connectivity index (χ4n) is 2.64. The predicted octanol–water partition coefficient (Wildman–Crippen LogP) is 4.72. The van der Waals surface area contributed by atoms with Gasteiger partial charge in [-0.05, 0) is 18.2 Å². The van der Waals surface area contributed by atoms with Crippen LogP contribution in [0.1, 0.15) is 5.56 Å². The van der Waals surface area contributed by atoms with Gasteiger partial charge < -0.3 is 9.47 Å². The molecule has 0 aliphatic rings. The fourth-order valence-corrected chi connectivity index (χ4v) is 3.56. The van der Waals surface area contributed by atoms with E-state index >= 15 is 0 Å². The monoisotopic (exact) mass is 403 g/mol. The third kappa shape index (κ3) is 4.17. The first kappa shape index (κ1) is 19.9. The Hall–Kier alpha value is -2.87. The van der Waals surface area contributed by atoms with Crippen molar-refractivity contribution in [2.75, 3.05) is 14.2 Å². The van der Waals surface area contributed by atoms with Crippen LogP contribution in [0.25, 0.3) is 11.4 Å². The molecule has 0 radical (unpaired) electrons. The van der Waals surface area contributed by atoms with Gasteiger partial charge in [-0.3, -0.25) is 4.57 Å². The van der Waals surface area contributed by atoms with Crippen molar-refractivity contribution in [2.24, 2.45) is 0 Å². The second-order valence-electron chi connectivity index (χ2n) is 5.81. The van der Waals surface area contributed by atoms with E-state index in [-0.39, 0.29) is 11.3 Å². The third-order valence-corrected chi connectivity index (χ3v) is 5.04. The van der Waals surface area contributed by atoms with Gasteiger partial charge in [-0.2, -0.15) is 0 Å². The van der Waals surface area contributed by atoms with Crippen LogP contribution >= 0.6 is 11.8 Å². The molecule has 5 nitrogen and oxygen atoms in total. The Kier molecular flexibility index (Phi) is 6.30. The Balaban J connectivity index is 1.94. The summed E-state index contributed by atoms with van der Waals surface area (Å²) in [7, 11) is 3.14. The van der Waals surface area contributed by atoms with Crippen molar-refractivity contribution in [3.05, 3.63) is 66.3 Å². The maximum absolute atomic E-state index is 13.9. The smallest absolute Gasteiger partial charge is 0.192 e. The number of ether oxygens (including phenoxy) is 2. The van der Waals surface area contributed by atoms with Crippen LogP contribution in [0.3, 0.4) is 0 Å². The van der Waals surface area contributed by atoms with Crippen molar-refractivity contribution in [2.45, 2.75) is 17.5 Å². The van der Waals surface area contributed by atoms with E-state index in [2.05, 4.69) is 16.8 Å². The molecule has 1 heterocycles. The van der Waals surface area contributed by atoms with E-state index in [1.165, 1.54) is 17.8 Å². The molecule has 0 aliphatic carbocycles. The standard InChI is InChI=1S/C20H19F2N3O2S/c1-4-8-25-19(14-9-15(26-2)11-16(10-14)27-3)23-24-20(25)28-12-13-6-5-7-17(21)18(13)22/h4-7,9-11H,1,8,12H2,2-3H3. The largest absolute Gasteiger partial charge is 0.497 e. The van der Waals surface area contributed by atoms with Crippen molar-refractivity contribution in [1.29, 1.82) is 0 Å². The number of aromatic nitrogens is 3. The van der Waals surface area contributed by atoms with Crippen molar-refractivity contribution in [3.8, 4) is 22.9 Å². The Bertz CT molecular complexity index is 969. The Morgan fingerprint density at radius 2 is 1.82 bits per heavy atom. The van der Waals surface area contributed by atoms with E-state index < -0.39 is 11.6 Å². The first-order chi connectivity index (χ1) is 13.6. The zero-order valence-electron chi connectivity index (χ0n) is 15.5. The molecule has 146 valence electrons. The highest BCUT2D eigenvalue weighted by molar-refractivity contribution is 7.98. The molecule has 1 aromatic heterocycles. The topological polar surface area (TPSA) is 49.2 Å². The quantitative estimate of drug-likeness (QED) is 0.402. The van der Waals surface area contributed by atoms with Gasteiger partial charge in [0.25, 0.3) is 0 Å². The van der Waals surface area contributed by atoms with Crippen LogP contribution < -0.4 is 9.47 Å². The molecule has 3 aromatic rings. The molecule has 0 N–H and O–H groups in total. The molecule has 0 saturated carbocycles. The van der Waals surface area contributed by atoms with E-state index in [0.29, 0.717) is 29.0 Å². The van der Waals surface area contributed by atoms with Gasteiger partial charge in [0.05, 0.1) is 14.2 Å². The molecule has 2 aromatic carbocycles. The summed E-state index contributed by atoms with van der Waals surface area (Å²) in [5, 5.41) is 9.06. The van der Waals surface area contributed by atoms with E-state index in [1.54, 1.807) is 32.4 Å². The van der Waals surface area contributed by atoms with Crippen molar-refractivity contribution >= 4 is 11.8 Å². The molecule has 0 aliphatic heterocycles. The van der Waals surface area contributed by atoms with Gasteiger partial charge in [0.1, 0.15) is 11.5 Å². The zero-order valence-corrected chi connectivity index (χ0v) is 16.3. The molecule has 0 spiro atoms.